The Balaban J connectivity index is 2.05. The monoisotopic (exact) mass is 273 g/mol. The van der Waals surface area contributed by atoms with Gasteiger partial charge < -0.3 is 14.6 Å². The second-order valence-electron chi connectivity index (χ2n) is 4.99. The zero-order valence-electron chi connectivity index (χ0n) is 12.5. The summed E-state index contributed by atoms with van der Waals surface area (Å²) < 4.78 is 7.68. The topological polar surface area (TPSA) is 39.1 Å². The van der Waals surface area contributed by atoms with Crippen molar-refractivity contribution in [3.05, 3.63) is 48.0 Å². The maximum Gasteiger partial charge on any atom is 0.128 e. The number of benzene rings is 1. The van der Waals surface area contributed by atoms with Gasteiger partial charge in [-0.15, -0.1) is 0 Å². The molecule has 20 heavy (non-hydrogen) atoms. The fraction of sp³-hybridized carbons (Fsp3) is 0.438. The number of ether oxygens (including phenoxy) is 1. The highest BCUT2D eigenvalue weighted by atomic mass is 16.5. The Morgan fingerprint density at radius 1 is 1.30 bits per heavy atom. The predicted octanol–water partition coefficient (Wildman–Crippen LogP) is 3.61. The van der Waals surface area contributed by atoms with Crippen LogP contribution in [0.25, 0.3) is 0 Å². The van der Waals surface area contributed by atoms with Gasteiger partial charge in [-0.2, -0.15) is 0 Å². The molecule has 108 valence electrons. The molecule has 0 atom stereocenters. The van der Waals surface area contributed by atoms with Gasteiger partial charge in [0.1, 0.15) is 5.82 Å². The van der Waals surface area contributed by atoms with Gasteiger partial charge in [0.25, 0.3) is 0 Å². The van der Waals surface area contributed by atoms with Crippen LogP contribution in [-0.2, 0) is 17.9 Å². The van der Waals surface area contributed by atoms with Crippen LogP contribution in [0, 0.1) is 0 Å². The van der Waals surface area contributed by atoms with Crippen LogP contribution in [0.4, 0.5) is 5.69 Å². The first kappa shape index (κ1) is 14.6. The Morgan fingerprint density at radius 3 is 2.85 bits per heavy atom. The van der Waals surface area contributed by atoms with Crippen LogP contribution in [0.15, 0.2) is 36.7 Å². The third-order valence-electron chi connectivity index (χ3n) is 3.22. The van der Waals surface area contributed by atoms with Gasteiger partial charge in [-0.05, 0) is 26.8 Å². The van der Waals surface area contributed by atoms with Gasteiger partial charge in [0.2, 0.25) is 0 Å². The van der Waals surface area contributed by atoms with Crippen molar-refractivity contribution in [1.82, 2.24) is 9.55 Å². The van der Waals surface area contributed by atoms with Crippen LogP contribution in [0.2, 0.25) is 0 Å². The van der Waals surface area contributed by atoms with Crippen molar-refractivity contribution < 1.29 is 4.74 Å². The molecule has 0 fully saturated rings. The van der Waals surface area contributed by atoms with E-state index in [0.717, 1.165) is 18.1 Å². The zero-order chi connectivity index (χ0) is 14.4. The molecule has 0 bridgehead atoms. The van der Waals surface area contributed by atoms with Crippen molar-refractivity contribution in [2.24, 2.45) is 0 Å². The minimum Gasteiger partial charge on any atom is -0.378 e. The van der Waals surface area contributed by atoms with Crippen LogP contribution in [0.1, 0.15) is 38.2 Å². The Morgan fingerprint density at radius 2 is 2.10 bits per heavy atom. The van der Waals surface area contributed by atoms with Gasteiger partial charge >= 0.3 is 0 Å². The summed E-state index contributed by atoms with van der Waals surface area (Å²) in [4.78, 5) is 4.41. The second-order valence-corrected chi connectivity index (χ2v) is 4.99. The van der Waals surface area contributed by atoms with Crippen LogP contribution in [0.3, 0.4) is 0 Å². The summed E-state index contributed by atoms with van der Waals surface area (Å²) in [5, 5.41) is 3.46. The third kappa shape index (κ3) is 3.61. The predicted molar refractivity (Wildman–Crippen MR) is 81.7 cm³/mol. The van der Waals surface area contributed by atoms with E-state index in [1.54, 1.807) is 0 Å². The molecule has 2 rings (SSSR count). The molecular weight excluding hydrogens is 250 g/mol. The largest absolute Gasteiger partial charge is 0.378 e. The Kier molecular flexibility index (Phi) is 5.18. The lowest BCUT2D eigenvalue weighted by Gasteiger charge is -2.14. The first-order valence-corrected chi connectivity index (χ1v) is 7.13. The highest BCUT2D eigenvalue weighted by Crippen LogP contribution is 2.17. The number of nitrogens with one attached hydrogen (secondary N) is 1. The molecule has 0 saturated heterocycles. The lowest BCUT2D eigenvalue weighted by Crippen LogP contribution is -2.11. The van der Waals surface area contributed by atoms with Crippen molar-refractivity contribution in [3.63, 3.8) is 0 Å². The molecule has 0 amide bonds. The Hall–Kier alpha value is -1.81. The van der Waals surface area contributed by atoms with E-state index in [2.05, 4.69) is 40.8 Å². The van der Waals surface area contributed by atoms with E-state index >= 15 is 0 Å². The summed E-state index contributed by atoms with van der Waals surface area (Å²) in [5.74, 6) is 1.05. The smallest absolute Gasteiger partial charge is 0.128 e. The van der Waals surface area contributed by atoms with E-state index in [0.29, 0.717) is 19.2 Å². The van der Waals surface area contributed by atoms with Crippen molar-refractivity contribution in [1.29, 1.82) is 0 Å². The van der Waals surface area contributed by atoms with Crippen LogP contribution in [-0.4, -0.2) is 16.2 Å². The average Bonchev–Trinajstić information content (AvgIpc) is 2.92. The van der Waals surface area contributed by atoms with Crippen molar-refractivity contribution in [3.8, 4) is 0 Å². The summed E-state index contributed by atoms with van der Waals surface area (Å²) in [6, 6.07) is 8.67. The SMILES string of the molecule is CCOCc1ccccc1NCc1nccn1C(C)C. The summed E-state index contributed by atoms with van der Waals surface area (Å²) in [6.07, 6.45) is 3.87. The fourth-order valence-electron chi connectivity index (χ4n) is 2.16. The van der Waals surface area contributed by atoms with E-state index in [1.807, 2.05) is 31.5 Å². The van der Waals surface area contributed by atoms with E-state index in [-0.39, 0.29) is 0 Å². The van der Waals surface area contributed by atoms with E-state index in [4.69, 9.17) is 4.74 Å². The van der Waals surface area contributed by atoms with E-state index < -0.39 is 0 Å². The van der Waals surface area contributed by atoms with Gasteiger partial charge in [0.05, 0.1) is 13.2 Å². The molecule has 0 radical (unpaired) electrons. The van der Waals surface area contributed by atoms with E-state index in [1.165, 1.54) is 5.56 Å². The number of hydrogen-bond donors (Lipinski definition) is 1. The molecule has 0 saturated carbocycles. The number of aromatic nitrogens is 2. The first-order chi connectivity index (χ1) is 9.72. The summed E-state index contributed by atoms with van der Waals surface area (Å²) in [7, 11) is 0. The number of nitrogens with zero attached hydrogens (tertiary/aromatic N) is 2. The highest BCUT2D eigenvalue weighted by molar-refractivity contribution is 5.50. The molecule has 0 spiro atoms. The average molecular weight is 273 g/mol. The number of anilines is 1. The van der Waals surface area contributed by atoms with Crippen molar-refractivity contribution >= 4 is 5.69 Å². The van der Waals surface area contributed by atoms with E-state index in [9.17, 15) is 0 Å². The molecule has 1 heterocycles. The van der Waals surface area contributed by atoms with Gasteiger partial charge in [-0.25, -0.2) is 4.98 Å². The summed E-state index contributed by atoms with van der Waals surface area (Å²) in [5.41, 5.74) is 2.29. The normalized spacial score (nSPS) is 11.0. The van der Waals surface area contributed by atoms with Crippen molar-refractivity contribution in [2.75, 3.05) is 11.9 Å². The van der Waals surface area contributed by atoms with Gasteiger partial charge in [-0.3, -0.25) is 0 Å². The Labute approximate surface area is 120 Å². The zero-order valence-corrected chi connectivity index (χ0v) is 12.5. The first-order valence-electron chi connectivity index (χ1n) is 7.13. The fourth-order valence-corrected chi connectivity index (χ4v) is 2.16. The molecule has 1 N–H and O–H groups in total. The molecule has 0 aliphatic heterocycles. The minimum absolute atomic E-state index is 0.424. The number of hydrogen-bond acceptors (Lipinski definition) is 3. The molecule has 4 nitrogen and oxygen atoms in total. The summed E-state index contributed by atoms with van der Waals surface area (Å²) >= 11 is 0. The summed E-state index contributed by atoms with van der Waals surface area (Å²) in [6.45, 7) is 8.41. The quantitative estimate of drug-likeness (QED) is 0.837. The minimum atomic E-state index is 0.424. The molecule has 2 aromatic rings. The standard InChI is InChI=1S/C16H23N3O/c1-4-20-12-14-7-5-6-8-15(14)18-11-16-17-9-10-19(16)13(2)3/h5-10,13,18H,4,11-12H2,1-3H3. The maximum absolute atomic E-state index is 5.50. The lowest BCUT2D eigenvalue weighted by atomic mass is 10.2. The molecule has 0 aliphatic rings. The molecule has 4 heteroatoms. The van der Waals surface area contributed by atoms with Crippen LogP contribution >= 0.6 is 0 Å². The van der Waals surface area contributed by atoms with Crippen LogP contribution < -0.4 is 5.32 Å². The number of para-hydroxylation sites is 1. The highest BCUT2D eigenvalue weighted by Gasteiger charge is 2.07. The molecule has 1 aromatic carbocycles. The molecule has 1 aromatic heterocycles. The lowest BCUT2D eigenvalue weighted by molar-refractivity contribution is 0.134. The molecular formula is C16H23N3O. The van der Waals surface area contributed by atoms with Gasteiger partial charge in [0.15, 0.2) is 0 Å². The molecule has 0 unspecified atom stereocenters. The third-order valence-corrected chi connectivity index (χ3v) is 3.22. The van der Waals surface area contributed by atoms with Crippen molar-refractivity contribution in [2.45, 2.75) is 40.0 Å². The number of rotatable bonds is 7. The number of imidazole rings is 1. The van der Waals surface area contributed by atoms with Crippen LogP contribution in [0.5, 0.6) is 0 Å². The molecule has 0 aliphatic carbocycles. The maximum atomic E-state index is 5.50. The van der Waals surface area contributed by atoms with Gasteiger partial charge in [-0.1, -0.05) is 18.2 Å². The second kappa shape index (κ2) is 7.10. The Bertz CT molecular complexity index is 534. The van der Waals surface area contributed by atoms with Gasteiger partial charge in [0, 0.05) is 36.3 Å².